The van der Waals surface area contributed by atoms with Crippen LogP contribution in [0.5, 0.6) is 0 Å². The molecule has 3 aliphatic heterocycles. The summed E-state index contributed by atoms with van der Waals surface area (Å²) >= 11 is 0. The summed E-state index contributed by atoms with van der Waals surface area (Å²) in [5, 5.41) is 3.35. The first kappa shape index (κ1) is 19.6. The highest BCUT2D eigenvalue weighted by atomic mass is 16.2. The summed E-state index contributed by atoms with van der Waals surface area (Å²) < 4.78 is 0. The Morgan fingerprint density at radius 2 is 1.54 bits per heavy atom. The fraction of sp³-hybridized carbons (Fsp3) is 0.895. The number of rotatable bonds is 3. The number of hydrogen-bond acceptors (Lipinski definition) is 5. The van der Waals surface area contributed by atoms with Crippen molar-refractivity contribution in [3.8, 4) is 0 Å². The van der Waals surface area contributed by atoms with E-state index in [-0.39, 0.29) is 23.9 Å². The smallest absolute Gasteiger partial charge is 0.230 e. The molecule has 0 aromatic heterocycles. The molecule has 0 saturated carbocycles. The average molecular weight is 366 g/mol. The molecule has 0 aromatic carbocycles. The van der Waals surface area contributed by atoms with Crippen molar-refractivity contribution in [3.05, 3.63) is 0 Å². The molecule has 3 saturated heterocycles. The van der Waals surface area contributed by atoms with E-state index in [1.54, 1.807) is 0 Å². The zero-order chi connectivity index (χ0) is 18.9. The molecule has 7 nitrogen and oxygen atoms in total. The minimum atomic E-state index is -0.565. The Morgan fingerprint density at radius 3 is 2.04 bits per heavy atom. The maximum Gasteiger partial charge on any atom is 0.230 e. The van der Waals surface area contributed by atoms with Crippen LogP contribution in [0, 0.1) is 5.41 Å². The highest BCUT2D eigenvalue weighted by Crippen LogP contribution is 2.34. The van der Waals surface area contributed by atoms with Gasteiger partial charge in [0.25, 0.3) is 0 Å². The number of nitrogens with one attached hydrogen (secondary N) is 1. The first-order chi connectivity index (χ1) is 12.3. The molecule has 3 rings (SSSR count). The molecule has 3 fully saturated rings. The highest BCUT2D eigenvalue weighted by molar-refractivity contribution is 5.90. The van der Waals surface area contributed by atoms with Gasteiger partial charge in [-0.1, -0.05) is 0 Å². The number of likely N-dealkylation sites (N-methyl/N-ethyl adjacent to an activating group) is 2. The van der Waals surface area contributed by atoms with Crippen LogP contribution in [0.4, 0.5) is 0 Å². The lowest BCUT2D eigenvalue weighted by Crippen LogP contribution is -2.59. The van der Waals surface area contributed by atoms with Crippen LogP contribution in [0.2, 0.25) is 0 Å². The predicted molar refractivity (Wildman–Crippen MR) is 102 cm³/mol. The Hall–Kier alpha value is -1.18. The highest BCUT2D eigenvalue weighted by Gasteiger charge is 2.47. The number of hydrogen-bond donors (Lipinski definition) is 1. The molecule has 0 spiro atoms. The zero-order valence-corrected chi connectivity index (χ0v) is 16.8. The van der Waals surface area contributed by atoms with Crippen molar-refractivity contribution in [3.63, 3.8) is 0 Å². The van der Waals surface area contributed by atoms with Crippen LogP contribution < -0.4 is 5.32 Å². The van der Waals surface area contributed by atoms with E-state index in [0.717, 1.165) is 52.2 Å². The quantitative estimate of drug-likeness (QED) is 0.743. The Balaban J connectivity index is 1.71. The summed E-state index contributed by atoms with van der Waals surface area (Å²) in [5.74, 6) is 0.322. The first-order valence-corrected chi connectivity index (χ1v) is 10.0. The van der Waals surface area contributed by atoms with Gasteiger partial charge in [-0.05, 0) is 40.9 Å². The summed E-state index contributed by atoms with van der Waals surface area (Å²) in [6.45, 7) is 10.8. The summed E-state index contributed by atoms with van der Waals surface area (Å²) in [5.41, 5.74) is -0.565. The van der Waals surface area contributed by atoms with Gasteiger partial charge < -0.3 is 24.9 Å². The fourth-order valence-corrected chi connectivity index (χ4v) is 4.80. The molecule has 0 bridgehead atoms. The van der Waals surface area contributed by atoms with Crippen molar-refractivity contribution >= 4 is 11.8 Å². The van der Waals surface area contributed by atoms with E-state index in [0.29, 0.717) is 13.0 Å². The lowest BCUT2D eigenvalue weighted by Gasteiger charge is -2.44. The Morgan fingerprint density at radius 1 is 0.962 bits per heavy atom. The molecule has 0 aromatic rings. The molecule has 3 atom stereocenters. The third-order valence-electron chi connectivity index (χ3n) is 6.43. The van der Waals surface area contributed by atoms with Crippen LogP contribution in [-0.2, 0) is 9.59 Å². The van der Waals surface area contributed by atoms with Gasteiger partial charge in [0, 0.05) is 64.3 Å². The third-order valence-corrected chi connectivity index (χ3v) is 6.43. The first-order valence-electron chi connectivity index (χ1n) is 10.0. The largest absolute Gasteiger partial charge is 0.337 e. The molecule has 148 valence electrons. The maximum atomic E-state index is 13.5. The normalized spacial score (nSPS) is 34.3. The van der Waals surface area contributed by atoms with Crippen molar-refractivity contribution in [2.45, 2.75) is 38.8 Å². The van der Waals surface area contributed by atoms with E-state index < -0.39 is 5.41 Å². The summed E-state index contributed by atoms with van der Waals surface area (Å²) in [4.78, 5) is 35.1. The fourth-order valence-electron chi connectivity index (χ4n) is 4.80. The molecule has 2 amide bonds. The SMILES string of the molecule is CC1CN(C)CCN1C(=O)CC1(C(=O)N2CCN(C)CC2C)CCNC1. The minimum absolute atomic E-state index is 0.143. The van der Waals surface area contributed by atoms with Crippen molar-refractivity contribution in [2.24, 2.45) is 5.41 Å². The summed E-state index contributed by atoms with van der Waals surface area (Å²) in [6.07, 6.45) is 1.10. The van der Waals surface area contributed by atoms with Crippen LogP contribution in [-0.4, -0.2) is 110 Å². The van der Waals surface area contributed by atoms with E-state index in [1.807, 2.05) is 9.80 Å². The molecule has 0 aliphatic carbocycles. The van der Waals surface area contributed by atoms with E-state index in [4.69, 9.17) is 0 Å². The van der Waals surface area contributed by atoms with Crippen LogP contribution in [0.15, 0.2) is 0 Å². The molecule has 3 aliphatic rings. The van der Waals surface area contributed by atoms with Gasteiger partial charge >= 0.3 is 0 Å². The van der Waals surface area contributed by atoms with Gasteiger partial charge in [0.2, 0.25) is 11.8 Å². The average Bonchev–Trinajstić information content (AvgIpc) is 3.03. The van der Waals surface area contributed by atoms with E-state index in [2.05, 4.69) is 43.1 Å². The molecular formula is C19H35N5O2. The second-order valence-electron chi connectivity index (χ2n) is 8.69. The second-order valence-corrected chi connectivity index (χ2v) is 8.69. The zero-order valence-electron chi connectivity index (χ0n) is 16.8. The van der Waals surface area contributed by atoms with E-state index in [1.165, 1.54) is 0 Å². The lowest BCUT2D eigenvalue weighted by molar-refractivity contribution is -0.151. The van der Waals surface area contributed by atoms with Crippen molar-refractivity contribution in [1.82, 2.24) is 24.9 Å². The van der Waals surface area contributed by atoms with E-state index in [9.17, 15) is 9.59 Å². The van der Waals surface area contributed by atoms with Gasteiger partial charge in [0.05, 0.1) is 5.41 Å². The van der Waals surface area contributed by atoms with Crippen LogP contribution in [0.25, 0.3) is 0 Å². The second kappa shape index (κ2) is 7.82. The maximum absolute atomic E-state index is 13.5. The molecule has 7 heteroatoms. The molecule has 0 radical (unpaired) electrons. The lowest BCUT2D eigenvalue weighted by atomic mass is 9.80. The Kier molecular flexibility index (Phi) is 5.89. The molecular weight excluding hydrogens is 330 g/mol. The summed E-state index contributed by atoms with van der Waals surface area (Å²) in [6, 6.07) is 0.418. The van der Waals surface area contributed by atoms with Gasteiger partial charge in [-0.15, -0.1) is 0 Å². The van der Waals surface area contributed by atoms with Gasteiger partial charge in [0.1, 0.15) is 0 Å². The number of carbonyl (C=O) groups excluding carboxylic acids is 2. The van der Waals surface area contributed by atoms with Gasteiger partial charge in [0.15, 0.2) is 0 Å². The number of piperazine rings is 2. The van der Waals surface area contributed by atoms with Crippen LogP contribution in [0.3, 0.4) is 0 Å². The van der Waals surface area contributed by atoms with Crippen molar-refractivity contribution in [1.29, 1.82) is 0 Å². The van der Waals surface area contributed by atoms with Gasteiger partial charge in [-0.2, -0.15) is 0 Å². The standard InChI is InChI=1S/C19H35N5O2/c1-15-12-21(3)7-9-23(15)17(25)11-19(5-6-20-14-19)18(26)24-10-8-22(4)13-16(24)2/h15-16,20H,5-14H2,1-4H3. The van der Waals surface area contributed by atoms with Crippen molar-refractivity contribution < 1.29 is 9.59 Å². The number of nitrogens with zero attached hydrogens (tertiary/aromatic N) is 4. The van der Waals surface area contributed by atoms with Crippen molar-refractivity contribution in [2.75, 3.05) is 66.5 Å². The van der Waals surface area contributed by atoms with Crippen LogP contribution >= 0.6 is 0 Å². The predicted octanol–water partition coefficient (Wildman–Crippen LogP) is -0.319. The monoisotopic (exact) mass is 365 g/mol. The molecule has 26 heavy (non-hydrogen) atoms. The van der Waals surface area contributed by atoms with Gasteiger partial charge in [-0.25, -0.2) is 0 Å². The molecule has 1 N–H and O–H groups in total. The Labute approximate surface area is 157 Å². The molecule has 3 heterocycles. The van der Waals surface area contributed by atoms with Gasteiger partial charge in [-0.3, -0.25) is 9.59 Å². The topological polar surface area (TPSA) is 59.1 Å². The third kappa shape index (κ3) is 3.89. The summed E-state index contributed by atoms with van der Waals surface area (Å²) in [7, 11) is 4.20. The molecule has 3 unspecified atom stereocenters. The number of amides is 2. The van der Waals surface area contributed by atoms with Crippen LogP contribution in [0.1, 0.15) is 26.7 Å². The Bertz CT molecular complexity index is 534. The number of carbonyl (C=O) groups is 2. The minimum Gasteiger partial charge on any atom is -0.337 e. The van der Waals surface area contributed by atoms with E-state index >= 15 is 0 Å².